The average molecular weight is 267 g/mol. The van der Waals surface area contributed by atoms with E-state index in [1.807, 2.05) is 22.8 Å². The van der Waals surface area contributed by atoms with Crippen molar-refractivity contribution < 1.29 is 4.79 Å². The van der Waals surface area contributed by atoms with Gasteiger partial charge in [0, 0.05) is 11.9 Å². The number of aromatic nitrogens is 1. The Hall–Kier alpha value is -0.940. The molecule has 1 unspecified atom stereocenters. The molecule has 0 bridgehead atoms. The Bertz CT molecular complexity index is 402. The van der Waals surface area contributed by atoms with Crippen molar-refractivity contribution in [2.45, 2.75) is 39.3 Å². The maximum Gasteiger partial charge on any atom is 0.240 e. The molecule has 1 amide bonds. The zero-order valence-corrected chi connectivity index (χ0v) is 12.1. The van der Waals surface area contributed by atoms with E-state index in [0.29, 0.717) is 6.54 Å². The van der Waals surface area contributed by atoms with Crippen LogP contribution in [0.15, 0.2) is 10.9 Å². The molecule has 1 N–H and O–H groups in total. The third kappa shape index (κ3) is 3.09. The Kier molecular flexibility index (Phi) is 4.02. The molecule has 1 aliphatic heterocycles. The van der Waals surface area contributed by atoms with E-state index in [-0.39, 0.29) is 17.4 Å². The van der Waals surface area contributed by atoms with Gasteiger partial charge in [-0.25, -0.2) is 4.98 Å². The van der Waals surface area contributed by atoms with Crippen molar-refractivity contribution in [3.8, 4) is 0 Å². The first-order chi connectivity index (χ1) is 8.52. The fourth-order valence-electron chi connectivity index (χ4n) is 2.47. The molecule has 0 radical (unpaired) electrons. The number of carbonyl (C=O) groups excluding carboxylic acids is 1. The highest BCUT2D eigenvalue weighted by Gasteiger charge is 2.34. The average Bonchev–Trinajstić information content (AvgIpc) is 2.77. The van der Waals surface area contributed by atoms with Crippen molar-refractivity contribution in [2.75, 3.05) is 13.6 Å². The van der Waals surface area contributed by atoms with Gasteiger partial charge in [-0.1, -0.05) is 13.8 Å². The molecular formula is C13H21N3OS. The highest BCUT2D eigenvalue weighted by atomic mass is 32.1. The van der Waals surface area contributed by atoms with E-state index in [4.69, 9.17) is 0 Å². The number of likely N-dealkylation sites (tertiary alicyclic amines) is 1. The van der Waals surface area contributed by atoms with Crippen molar-refractivity contribution in [1.29, 1.82) is 0 Å². The van der Waals surface area contributed by atoms with Crippen LogP contribution < -0.4 is 5.32 Å². The van der Waals surface area contributed by atoms with Gasteiger partial charge in [0.05, 0.1) is 23.8 Å². The minimum Gasteiger partial charge on any atom is -0.335 e. The van der Waals surface area contributed by atoms with Crippen molar-refractivity contribution in [1.82, 2.24) is 15.2 Å². The van der Waals surface area contributed by atoms with Crippen LogP contribution in [0.5, 0.6) is 0 Å². The van der Waals surface area contributed by atoms with Gasteiger partial charge < -0.3 is 10.2 Å². The van der Waals surface area contributed by atoms with Gasteiger partial charge in [0.2, 0.25) is 5.91 Å². The normalized spacial score (nSPS) is 24.1. The Morgan fingerprint density at radius 2 is 2.39 bits per heavy atom. The van der Waals surface area contributed by atoms with Gasteiger partial charge in [-0.05, 0) is 25.3 Å². The second-order valence-electron chi connectivity index (χ2n) is 5.72. The molecule has 0 aliphatic carbocycles. The van der Waals surface area contributed by atoms with Crippen LogP contribution in [-0.2, 0) is 11.3 Å². The SMILES string of the molecule is CNC1CCC(C)(C)CN(Cc2cscn2)C1=O. The van der Waals surface area contributed by atoms with Gasteiger partial charge in [-0.2, -0.15) is 0 Å². The smallest absolute Gasteiger partial charge is 0.240 e. The van der Waals surface area contributed by atoms with Gasteiger partial charge in [-0.3, -0.25) is 4.79 Å². The van der Waals surface area contributed by atoms with Crippen LogP contribution >= 0.6 is 11.3 Å². The summed E-state index contributed by atoms with van der Waals surface area (Å²) < 4.78 is 0. The molecule has 1 aromatic heterocycles. The van der Waals surface area contributed by atoms with Gasteiger partial charge >= 0.3 is 0 Å². The molecule has 0 spiro atoms. The Morgan fingerprint density at radius 1 is 1.61 bits per heavy atom. The van der Waals surface area contributed by atoms with Crippen molar-refractivity contribution >= 4 is 17.2 Å². The lowest BCUT2D eigenvalue weighted by Crippen LogP contribution is -2.44. The Balaban J connectivity index is 2.15. The summed E-state index contributed by atoms with van der Waals surface area (Å²) in [5.74, 6) is 0.205. The van der Waals surface area contributed by atoms with E-state index in [0.717, 1.165) is 25.1 Å². The number of nitrogens with zero attached hydrogens (tertiary/aromatic N) is 2. The van der Waals surface area contributed by atoms with Crippen LogP contribution in [0.3, 0.4) is 0 Å². The van der Waals surface area contributed by atoms with Crippen LogP contribution in [0, 0.1) is 5.41 Å². The van der Waals surface area contributed by atoms with Gasteiger partial charge in [0.15, 0.2) is 0 Å². The summed E-state index contributed by atoms with van der Waals surface area (Å²) in [5.41, 5.74) is 2.98. The second kappa shape index (κ2) is 5.36. The minimum atomic E-state index is -0.0505. The number of carbonyl (C=O) groups is 1. The summed E-state index contributed by atoms with van der Waals surface area (Å²) >= 11 is 1.58. The van der Waals surface area contributed by atoms with Crippen LogP contribution in [0.1, 0.15) is 32.4 Å². The number of hydrogen-bond donors (Lipinski definition) is 1. The number of rotatable bonds is 3. The summed E-state index contributed by atoms with van der Waals surface area (Å²) in [6, 6.07) is -0.0505. The summed E-state index contributed by atoms with van der Waals surface area (Å²) in [4.78, 5) is 18.7. The number of nitrogens with one attached hydrogen (secondary N) is 1. The topological polar surface area (TPSA) is 45.2 Å². The van der Waals surface area contributed by atoms with E-state index in [1.54, 1.807) is 11.3 Å². The predicted octanol–water partition coefficient (Wildman–Crippen LogP) is 1.88. The summed E-state index contributed by atoms with van der Waals surface area (Å²) in [5, 5.41) is 5.15. The number of thiazole rings is 1. The van der Waals surface area contributed by atoms with Gasteiger partial charge in [-0.15, -0.1) is 11.3 Å². The molecule has 1 aliphatic rings. The number of hydrogen-bond acceptors (Lipinski definition) is 4. The highest BCUT2D eigenvalue weighted by Crippen LogP contribution is 2.29. The lowest BCUT2D eigenvalue weighted by Gasteiger charge is -2.29. The zero-order valence-electron chi connectivity index (χ0n) is 11.3. The maximum atomic E-state index is 12.4. The Morgan fingerprint density at radius 3 is 3.00 bits per heavy atom. The molecule has 1 fully saturated rings. The second-order valence-corrected chi connectivity index (χ2v) is 6.44. The summed E-state index contributed by atoms with van der Waals surface area (Å²) in [6.45, 7) is 5.89. The Labute approximate surface area is 112 Å². The van der Waals surface area contributed by atoms with Gasteiger partial charge in [0.1, 0.15) is 0 Å². The van der Waals surface area contributed by atoms with Crippen molar-refractivity contribution in [2.24, 2.45) is 5.41 Å². The first-order valence-corrected chi connectivity index (χ1v) is 7.29. The van der Waals surface area contributed by atoms with E-state index in [9.17, 15) is 4.79 Å². The third-order valence-corrected chi connectivity index (χ3v) is 4.16. The zero-order chi connectivity index (χ0) is 13.2. The van der Waals surface area contributed by atoms with Crippen LogP contribution in [-0.4, -0.2) is 35.4 Å². The third-order valence-electron chi connectivity index (χ3n) is 3.52. The fraction of sp³-hybridized carbons (Fsp3) is 0.692. The monoisotopic (exact) mass is 267 g/mol. The number of amides is 1. The largest absolute Gasteiger partial charge is 0.335 e. The van der Waals surface area contributed by atoms with E-state index in [2.05, 4.69) is 24.1 Å². The molecule has 0 aromatic carbocycles. The minimum absolute atomic E-state index is 0.0505. The molecule has 2 heterocycles. The fourth-order valence-corrected chi connectivity index (χ4v) is 3.01. The molecular weight excluding hydrogens is 246 g/mol. The van der Waals surface area contributed by atoms with Crippen molar-refractivity contribution in [3.63, 3.8) is 0 Å². The lowest BCUT2D eigenvalue weighted by atomic mass is 9.87. The molecule has 1 atom stereocenters. The molecule has 1 aromatic rings. The van der Waals surface area contributed by atoms with Crippen LogP contribution in [0.4, 0.5) is 0 Å². The molecule has 100 valence electrons. The highest BCUT2D eigenvalue weighted by molar-refractivity contribution is 7.07. The standard InChI is InChI=1S/C13H21N3OS/c1-13(2)5-4-11(14-3)12(17)16(8-13)6-10-7-18-9-15-10/h7,9,11,14H,4-6,8H2,1-3H3. The molecule has 2 rings (SSSR count). The molecule has 1 saturated heterocycles. The van der Waals surface area contributed by atoms with E-state index >= 15 is 0 Å². The quantitative estimate of drug-likeness (QED) is 0.909. The first kappa shape index (κ1) is 13.5. The van der Waals surface area contributed by atoms with Crippen molar-refractivity contribution in [3.05, 3.63) is 16.6 Å². The summed E-state index contributed by atoms with van der Waals surface area (Å²) in [6.07, 6.45) is 1.98. The molecule has 0 saturated carbocycles. The molecule has 5 heteroatoms. The maximum absolute atomic E-state index is 12.4. The first-order valence-electron chi connectivity index (χ1n) is 6.35. The molecule has 18 heavy (non-hydrogen) atoms. The predicted molar refractivity (Wildman–Crippen MR) is 73.4 cm³/mol. The van der Waals surface area contributed by atoms with Crippen LogP contribution in [0.25, 0.3) is 0 Å². The lowest BCUT2D eigenvalue weighted by molar-refractivity contribution is -0.134. The molecule has 4 nitrogen and oxygen atoms in total. The van der Waals surface area contributed by atoms with E-state index in [1.165, 1.54) is 0 Å². The number of likely N-dealkylation sites (N-methyl/N-ethyl adjacent to an activating group) is 1. The van der Waals surface area contributed by atoms with Gasteiger partial charge in [0.25, 0.3) is 0 Å². The summed E-state index contributed by atoms with van der Waals surface area (Å²) in [7, 11) is 1.86. The van der Waals surface area contributed by atoms with Crippen LogP contribution in [0.2, 0.25) is 0 Å². The van der Waals surface area contributed by atoms with E-state index < -0.39 is 0 Å².